The van der Waals surface area contributed by atoms with Gasteiger partial charge < -0.3 is 9.13 Å². The topological polar surface area (TPSA) is 61.4 Å². The number of halogens is 1. The van der Waals surface area contributed by atoms with Gasteiger partial charge in [-0.05, 0) is 48.5 Å². The van der Waals surface area contributed by atoms with Gasteiger partial charge in [-0.25, -0.2) is 19.3 Å². The van der Waals surface area contributed by atoms with Gasteiger partial charge in [0.2, 0.25) is 0 Å². The fraction of sp³-hybridized carbons (Fsp3) is 0. The highest BCUT2D eigenvalue weighted by Crippen LogP contribution is 2.41. The van der Waals surface area contributed by atoms with E-state index in [1.54, 1.807) is 0 Å². The van der Waals surface area contributed by atoms with Gasteiger partial charge in [0.25, 0.3) is 0 Å². The van der Waals surface area contributed by atoms with Crippen molar-refractivity contribution in [2.24, 2.45) is 0 Å². The molecule has 0 unspecified atom stereocenters. The van der Waals surface area contributed by atoms with Crippen molar-refractivity contribution in [1.82, 2.24) is 29.1 Å². The third-order valence-corrected chi connectivity index (χ3v) is 9.49. The molecule has 0 fully saturated rings. The van der Waals surface area contributed by atoms with Crippen molar-refractivity contribution in [2.75, 3.05) is 0 Å². The monoisotopic (exact) mass is 658 g/mol. The summed E-state index contributed by atoms with van der Waals surface area (Å²) in [4.78, 5) is 19.6. The van der Waals surface area contributed by atoms with Crippen LogP contribution < -0.4 is 0 Å². The smallest absolute Gasteiger partial charge is 0.182 e. The second kappa shape index (κ2) is 11.6. The van der Waals surface area contributed by atoms with Gasteiger partial charge in [0, 0.05) is 38.4 Å². The fourth-order valence-corrected chi connectivity index (χ4v) is 7.20. The molecule has 0 aliphatic rings. The summed E-state index contributed by atoms with van der Waals surface area (Å²) in [5, 5.41) is 4.49. The lowest BCUT2D eigenvalue weighted by Gasteiger charge is -2.13. The molecular weight excluding hydrogens is 632 g/mol. The Bertz CT molecular complexity index is 2840. The molecule has 0 saturated carbocycles. The molecule has 10 aromatic rings. The summed E-state index contributed by atoms with van der Waals surface area (Å²) in [6.07, 6.45) is 1.89. The van der Waals surface area contributed by atoms with E-state index in [-0.39, 0.29) is 5.82 Å². The number of pyridine rings is 1. The number of para-hydroxylation sites is 2. The van der Waals surface area contributed by atoms with E-state index in [2.05, 4.69) is 69.8 Å². The van der Waals surface area contributed by atoms with E-state index in [9.17, 15) is 4.39 Å². The van der Waals surface area contributed by atoms with Crippen molar-refractivity contribution in [3.8, 4) is 45.7 Å². The Kier molecular flexibility index (Phi) is 6.57. The van der Waals surface area contributed by atoms with Crippen LogP contribution >= 0.6 is 0 Å². The minimum Gasteiger partial charge on any atom is -0.307 e. The zero-order chi connectivity index (χ0) is 33.9. The quantitative estimate of drug-likeness (QED) is 0.185. The highest BCUT2D eigenvalue weighted by Gasteiger charge is 2.21. The maximum absolute atomic E-state index is 14.2. The van der Waals surface area contributed by atoms with Crippen molar-refractivity contribution in [3.05, 3.63) is 170 Å². The summed E-state index contributed by atoms with van der Waals surface area (Å²) in [6, 6.07) is 51.9. The van der Waals surface area contributed by atoms with Crippen molar-refractivity contribution in [3.63, 3.8) is 0 Å². The summed E-state index contributed by atoms with van der Waals surface area (Å²) in [6.45, 7) is 0. The Morgan fingerprint density at radius 3 is 1.39 bits per heavy atom. The molecule has 0 bridgehead atoms. The Labute approximate surface area is 291 Å². The summed E-state index contributed by atoms with van der Waals surface area (Å²) in [7, 11) is 0. The van der Waals surface area contributed by atoms with Crippen molar-refractivity contribution < 1.29 is 4.39 Å². The molecule has 6 aromatic carbocycles. The van der Waals surface area contributed by atoms with Crippen molar-refractivity contribution in [2.45, 2.75) is 0 Å². The summed E-state index contributed by atoms with van der Waals surface area (Å²) in [5.41, 5.74) is 8.43. The number of aromatic nitrogens is 6. The van der Waals surface area contributed by atoms with Crippen LogP contribution in [0, 0.1) is 5.82 Å². The third kappa shape index (κ3) is 4.70. The van der Waals surface area contributed by atoms with E-state index in [1.807, 2.05) is 91.1 Å². The SMILES string of the molecule is Fc1ccc(-n2c3ccccc3c3ccc4c5ccccc5n(-c5ccc(-c6nc(-c7ccccc7)nc(-c7ccccc7)n6)nc5)c4c32)cc1. The number of fused-ring (bicyclic) bond motifs is 7. The molecule has 240 valence electrons. The van der Waals surface area contributed by atoms with Gasteiger partial charge in [-0.2, -0.15) is 0 Å². The Morgan fingerprint density at radius 2 is 0.863 bits per heavy atom. The molecule has 7 heteroatoms. The van der Waals surface area contributed by atoms with Gasteiger partial charge in [-0.1, -0.05) is 109 Å². The van der Waals surface area contributed by atoms with E-state index in [0.717, 1.165) is 66.1 Å². The Hall–Kier alpha value is -6.99. The zero-order valence-corrected chi connectivity index (χ0v) is 27.1. The maximum Gasteiger partial charge on any atom is 0.182 e. The summed E-state index contributed by atoms with van der Waals surface area (Å²) >= 11 is 0. The normalized spacial score (nSPS) is 11.6. The van der Waals surface area contributed by atoms with Gasteiger partial charge in [0.05, 0.1) is 34.0 Å². The first-order chi connectivity index (χ1) is 25.2. The summed E-state index contributed by atoms with van der Waals surface area (Å²) < 4.78 is 18.7. The van der Waals surface area contributed by atoms with E-state index >= 15 is 0 Å². The molecule has 10 rings (SSSR count). The average molecular weight is 659 g/mol. The average Bonchev–Trinajstić information content (AvgIpc) is 3.72. The molecule has 0 atom stereocenters. The fourth-order valence-electron chi connectivity index (χ4n) is 7.20. The zero-order valence-electron chi connectivity index (χ0n) is 27.1. The first kappa shape index (κ1) is 29.0. The van der Waals surface area contributed by atoms with E-state index in [1.165, 1.54) is 12.1 Å². The lowest BCUT2D eigenvalue weighted by molar-refractivity contribution is 0.627. The molecule has 0 spiro atoms. The highest BCUT2D eigenvalue weighted by molar-refractivity contribution is 6.23. The number of rotatable bonds is 5. The lowest BCUT2D eigenvalue weighted by atomic mass is 10.1. The molecular formula is C44H27FN6. The van der Waals surface area contributed by atoms with Gasteiger partial charge in [0.15, 0.2) is 17.5 Å². The lowest BCUT2D eigenvalue weighted by Crippen LogP contribution is -2.02. The van der Waals surface area contributed by atoms with Crippen LogP contribution in [-0.2, 0) is 0 Å². The predicted octanol–water partition coefficient (Wildman–Crippen LogP) is 10.6. The Morgan fingerprint density at radius 1 is 0.392 bits per heavy atom. The molecule has 0 aliphatic heterocycles. The van der Waals surface area contributed by atoms with Crippen LogP contribution in [0.25, 0.3) is 89.3 Å². The van der Waals surface area contributed by atoms with Crippen LogP contribution in [-0.4, -0.2) is 29.1 Å². The van der Waals surface area contributed by atoms with Crippen LogP contribution in [0.3, 0.4) is 0 Å². The van der Waals surface area contributed by atoms with Crippen molar-refractivity contribution in [1.29, 1.82) is 0 Å². The van der Waals surface area contributed by atoms with E-state index in [4.69, 9.17) is 19.9 Å². The van der Waals surface area contributed by atoms with E-state index in [0.29, 0.717) is 23.2 Å². The minimum atomic E-state index is -0.269. The van der Waals surface area contributed by atoms with Crippen molar-refractivity contribution >= 4 is 43.6 Å². The number of nitrogens with zero attached hydrogens (tertiary/aromatic N) is 6. The first-order valence-corrected chi connectivity index (χ1v) is 16.8. The van der Waals surface area contributed by atoms with Crippen LogP contribution in [0.1, 0.15) is 0 Å². The Balaban J connectivity index is 1.21. The van der Waals surface area contributed by atoms with Gasteiger partial charge >= 0.3 is 0 Å². The molecule has 4 heterocycles. The standard InChI is InChI=1S/C44H27FN6/c45-30-19-21-31(22-20-30)50-38-17-9-7-15-33(38)35-24-25-36-34-16-8-10-18-39(34)51(41(36)40(35)50)32-23-26-37(46-27-32)44-48-42(28-11-3-1-4-12-28)47-43(49-44)29-13-5-2-6-14-29/h1-27H. The minimum absolute atomic E-state index is 0.269. The molecule has 0 N–H and O–H groups in total. The van der Waals surface area contributed by atoms with Gasteiger partial charge in [0.1, 0.15) is 11.5 Å². The van der Waals surface area contributed by atoms with Crippen LogP contribution in [0.15, 0.2) is 164 Å². The van der Waals surface area contributed by atoms with Gasteiger partial charge in [-0.15, -0.1) is 0 Å². The summed E-state index contributed by atoms with van der Waals surface area (Å²) in [5.74, 6) is 1.40. The molecule has 0 amide bonds. The molecule has 0 saturated heterocycles. The molecule has 0 radical (unpaired) electrons. The first-order valence-electron chi connectivity index (χ1n) is 16.8. The molecule has 0 aliphatic carbocycles. The van der Waals surface area contributed by atoms with Crippen LogP contribution in [0.5, 0.6) is 0 Å². The van der Waals surface area contributed by atoms with E-state index < -0.39 is 0 Å². The largest absolute Gasteiger partial charge is 0.307 e. The third-order valence-electron chi connectivity index (χ3n) is 9.49. The second-order valence-electron chi connectivity index (χ2n) is 12.5. The molecule has 6 nitrogen and oxygen atoms in total. The number of hydrogen-bond acceptors (Lipinski definition) is 4. The number of hydrogen-bond donors (Lipinski definition) is 0. The second-order valence-corrected chi connectivity index (χ2v) is 12.5. The van der Waals surface area contributed by atoms with Crippen LogP contribution in [0.2, 0.25) is 0 Å². The highest BCUT2D eigenvalue weighted by atomic mass is 19.1. The molecule has 51 heavy (non-hydrogen) atoms. The van der Waals surface area contributed by atoms with Gasteiger partial charge in [-0.3, -0.25) is 4.98 Å². The maximum atomic E-state index is 14.2. The molecule has 4 aromatic heterocycles. The number of benzene rings is 6. The van der Waals surface area contributed by atoms with Crippen LogP contribution in [0.4, 0.5) is 4.39 Å². The predicted molar refractivity (Wildman–Crippen MR) is 203 cm³/mol.